The largest absolute Gasteiger partial charge is 0.452 e. The lowest BCUT2D eigenvalue weighted by atomic mass is 10.1. The van der Waals surface area contributed by atoms with Gasteiger partial charge in [-0.2, -0.15) is 13.2 Å². The van der Waals surface area contributed by atoms with E-state index in [0.717, 1.165) is 11.6 Å². The number of carbonyl (C=O) groups is 2. The quantitative estimate of drug-likeness (QED) is 0.393. The van der Waals surface area contributed by atoms with Gasteiger partial charge < -0.3 is 15.4 Å². The lowest BCUT2D eigenvalue weighted by molar-refractivity contribution is -0.384. The zero-order chi connectivity index (χ0) is 21.4. The maximum atomic E-state index is 12.3. The fourth-order valence-electron chi connectivity index (χ4n) is 2.22. The summed E-state index contributed by atoms with van der Waals surface area (Å²) in [5, 5.41) is 15.5. The van der Waals surface area contributed by atoms with E-state index < -0.39 is 36.1 Å². The number of ether oxygens (including phenoxy) is 1. The molecule has 0 fully saturated rings. The predicted molar refractivity (Wildman–Crippen MR) is 96.2 cm³/mol. The summed E-state index contributed by atoms with van der Waals surface area (Å²) in [5.74, 6) is -2.24. The second kappa shape index (κ2) is 9.53. The molecule has 0 radical (unpaired) electrons. The molecule has 11 heteroatoms. The third-order valence-corrected chi connectivity index (χ3v) is 3.58. The molecule has 8 nitrogen and oxygen atoms in total. The first-order chi connectivity index (χ1) is 13.7. The van der Waals surface area contributed by atoms with Crippen LogP contribution in [0.15, 0.2) is 48.5 Å². The first kappa shape index (κ1) is 21.7. The standard InChI is InChI=1S/C18H16F3N3O5/c19-18(20,21)11-23-16(25)10-29-17(26)14-8-13(24(27)28)6-7-15(14)22-9-12-4-2-1-3-5-12/h1-8,22H,9-11H2,(H,23,25). The van der Waals surface area contributed by atoms with Gasteiger partial charge in [0.1, 0.15) is 6.54 Å². The Morgan fingerprint density at radius 2 is 1.79 bits per heavy atom. The Morgan fingerprint density at radius 1 is 1.10 bits per heavy atom. The van der Waals surface area contributed by atoms with Crippen LogP contribution in [0.5, 0.6) is 0 Å². The highest BCUT2D eigenvalue weighted by Crippen LogP contribution is 2.24. The summed E-state index contributed by atoms with van der Waals surface area (Å²) in [4.78, 5) is 33.9. The Kier molecular flexibility index (Phi) is 7.12. The second-order valence-corrected chi connectivity index (χ2v) is 5.79. The van der Waals surface area contributed by atoms with Crippen molar-refractivity contribution in [3.63, 3.8) is 0 Å². The molecular weight excluding hydrogens is 395 g/mol. The van der Waals surface area contributed by atoms with Crippen LogP contribution in [0, 0.1) is 10.1 Å². The summed E-state index contributed by atoms with van der Waals surface area (Å²) in [6, 6.07) is 12.5. The maximum absolute atomic E-state index is 12.3. The minimum Gasteiger partial charge on any atom is -0.452 e. The molecule has 2 N–H and O–H groups in total. The molecule has 2 aromatic carbocycles. The fourth-order valence-corrected chi connectivity index (χ4v) is 2.22. The van der Waals surface area contributed by atoms with Crippen molar-refractivity contribution in [2.75, 3.05) is 18.5 Å². The number of nitrogens with one attached hydrogen (secondary N) is 2. The van der Waals surface area contributed by atoms with Gasteiger partial charge in [0.15, 0.2) is 6.61 Å². The van der Waals surface area contributed by atoms with Gasteiger partial charge in [-0.3, -0.25) is 14.9 Å². The van der Waals surface area contributed by atoms with Crippen LogP contribution in [-0.2, 0) is 16.1 Å². The van der Waals surface area contributed by atoms with Gasteiger partial charge in [-0.25, -0.2) is 4.79 Å². The third kappa shape index (κ3) is 7.13. The van der Waals surface area contributed by atoms with Crippen molar-refractivity contribution in [2.45, 2.75) is 12.7 Å². The summed E-state index contributed by atoms with van der Waals surface area (Å²) in [5.41, 5.74) is 0.472. The molecule has 0 saturated heterocycles. The molecule has 0 saturated carbocycles. The van der Waals surface area contributed by atoms with Crippen molar-refractivity contribution in [3.05, 3.63) is 69.8 Å². The van der Waals surface area contributed by atoms with Crippen molar-refractivity contribution in [2.24, 2.45) is 0 Å². The van der Waals surface area contributed by atoms with Gasteiger partial charge in [0.2, 0.25) is 0 Å². The molecule has 0 aliphatic heterocycles. The van der Waals surface area contributed by atoms with Crippen LogP contribution in [0.3, 0.4) is 0 Å². The molecule has 0 atom stereocenters. The Labute approximate surface area is 162 Å². The second-order valence-electron chi connectivity index (χ2n) is 5.79. The molecule has 0 aliphatic carbocycles. The van der Waals surface area contributed by atoms with Gasteiger partial charge in [-0.1, -0.05) is 30.3 Å². The van der Waals surface area contributed by atoms with Gasteiger partial charge in [0.05, 0.1) is 10.5 Å². The van der Waals surface area contributed by atoms with Crippen LogP contribution >= 0.6 is 0 Å². The monoisotopic (exact) mass is 411 g/mol. The number of carbonyl (C=O) groups excluding carboxylic acids is 2. The lowest BCUT2D eigenvalue weighted by Gasteiger charge is -2.12. The number of esters is 1. The number of benzene rings is 2. The molecule has 1 amide bonds. The Bertz CT molecular complexity index is 888. The maximum Gasteiger partial charge on any atom is 0.405 e. The molecule has 29 heavy (non-hydrogen) atoms. The van der Waals surface area contributed by atoms with E-state index in [-0.39, 0.29) is 16.9 Å². The van der Waals surface area contributed by atoms with E-state index in [0.29, 0.717) is 6.54 Å². The number of nitrogens with zero attached hydrogens (tertiary/aromatic N) is 1. The Balaban J connectivity index is 2.08. The van der Waals surface area contributed by atoms with E-state index in [1.807, 2.05) is 30.3 Å². The first-order valence-corrected chi connectivity index (χ1v) is 8.22. The molecule has 0 unspecified atom stereocenters. The normalized spacial score (nSPS) is 10.9. The van der Waals surface area contributed by atoms with E-state index >= 15 is 0 Å². The van der Waals surface area contributed by atoms with E-state index in [9.17, 15) is 32.9 Å². The highest BCUT2D eigenvalue weighted by atomic mass is 19.4. The molecular formula is C18H16F3N3O5. The smallest absolute Gasteiger partial charge is 0.405 e. The highest BCUT2D eigenvalue weighted by molar-refractivity contribution is 5.97. The number of anilines is 1. The SMILES string of the molecule is O=C(COC(=O)c1cc([N+](=O)[O-])ccc1NCc1ccccc1)NCC(F)(F)F. The van der Waals surface area contributed by atoms with Gasteiger partial charge in [0, 0.05) is 24.4 Å². The number of alkyl halides is 3. The van der Waals surface area contributed by atoms with Crippen molar-refractivity contribution < 1.29 is 32.4 Å². The molecule has 2 rings (SSSR count). The van der Waals surface area contributed by atoms with Crippen molar-refractivity contribution in [1.82, 2.24) is 5.32 Å². The van der Waals surface area contributed by atoms with Crippen LogP contribution in [0.2, 0.25) is 0 Å². The summed E-state index contributed by atoms with van der Waals surface area (Å²) < 4.78 is 41.0. The number of hydrogen-bond donors (Lipinski definition) is 2. The number of halogens is 3. The number of nitro groups is 1. The van der Waals surface area contributed by atoms with Gasteiger partial charge in [0.25, 0.3) is 11.6 Å². The van der Waals surface area contributed by atoms with Crippen molar-refractivity contribution in [1.29, 1.82) is 0 Å². The zero-order valence-electron chi connectivity index (χ0n) is 14.9. The van der Waals surface area contributed by atoms with Crippen LogP contribution in [0.1, 0.15) is 15.9 Å². The lowest BCUT2D eigenvalue weighted by Crippen LogP contribution is -2.36. The molecule has 0 aliphatic rings. The molecule has 0 spiro atoms. The molecule has 0 aromatic heterocycles. The summed E-state index contributed by atoms with van der Waals surface area (Å²) >= 11 is 0. The molecule has 0 heterocycles. The van der Waals surface area contributed by atoms with Gasteiger partial charge in [-0.15, -0.1) is 0 Å². The van der Waals surface area contributed by atoms with Crippen LogP contribution in [-0.4, -0.2) is 36.1 Å². The first-order valence-electron chi connectivity index (χ1n) is 8.22. The van der Waals surface area contributed by atoms with Crippen LogP contribution in [0.4, 0.5) is 24.5 Å². The van der Waals surface area contributed by atoms with Crippen LogP contribution in [0.25, 0.3) is 0 Å². The van der Waals surface area contributed by atoms with Crippen molar-refractivity contribution >= 4 is 23.3 Å². The average Bonchev–Trinajstić information content (AvgIpc) is 2.69. The average molecular weight is 411 g/mol. The molecule has 0 bridgehead atoms. The number of hydrogen-bond acceptors (Lipinski definition) is 6. The Morgan fingerprint density at radius 3 is 2.41 bits per heavy atom. The topological polar surface area (TPSA) is 111 Å². The summed E-state index contributed by atoms with van der Waals surface area (Å²) in [7, 11) is 0. The minimum atomic E-state index is -4.60. The number of non-ortho nitro benzene ring substituents is 1. The molecule has 154 valence electrons. The minimum absolute atomic E-state index is 0.208. The van der Waals surface area contributed by atoms with E-state index in [1.165, 1.54) is 12.1 Å². The van der Waals surface area contributed by atoms with Gasteiger partial charge >= 0.3 is 12.1 Å². The summed E-state index contributed by atoms with van der Waals surface area (Å²) in [6.07, 6.45) is -4.60. The van der Waals surface area contributed by atoms with E-state index in [2.05, 4.69) is 5.32 Å². The fraction of sp³-hybridized carbons (Fsp3) is 0.222. The third-order valence-electron chi connectivity index (χ3n) is 3.58. The van der Waals surface area contributed by atoms with E-state index in [4.69, 9.17) is 4.74 Å². The predicted octanol–water partition coefficient (Wildman–Crippen LogP) is 3.04. The summed E-state index contributed by atoms with van der Waals surface area (Å²) in [6.45, 7) is -2.23. The van der Waals surface area contributed by atoms with Gasteiger partial charge in [-0.05, 0) is 11.6 Å². The van der Waals surface area contributed by atoms with Crippen molar-refractivity contribution in [3.8, 4) is 0 Å². The molecule has 2 aromatic rings. The Hall–Kier alpha value is -3.63. The van der Waals surface area contributed by atoms with Crippen LogP contribution < -0.4 is 10.6 Å². The highest BCUT2D eigenvalue weighted by Gasteiger charge is 2.28. The number of rotatable bonds is 8. The zero-order valence-corrected chi connectivity index (χ0v) is 14.9. The van der Waals surface area contributed by atoms with E-state index in [1.54, 1.807) is 5.32 Å². The number of nitro benzene ring substituents is 1. The number of amides is 1.